The van der Waals surface area contributed by atoms with E-state index in [2.05, 4.69) is 36.5 Å². The fraction of sp³-hybridized carbons (Fsp3) is 0.633. The monoisotopic (exact) mass is 490 g/mol. The fourth-order valence-corrected chi connectivity index (χ4v) is 6.51. The molecular weight excluding hydrogens is 448 g/mol. The number of hydrogen-bond donors (Lipinski definition) is 1. The summed E-state index contributed by atoms with van der Waals surface area (Å²) >= 11 is 0. The molecule has 2 aliphatic carbocycles. The molecule has 1 aliphatic heterocycles. The lowest BCUT2D eigenvalue weighted by Crippen LogP contribution is -2.67. The van der Waals surface area contributed by atoms with Crippen LogP contribution in [0.5, 0.6) is 0 Å². The molecular formula is C30H42N4O2. The summed E-state index contributed by atoms with van der Waals surface area (Å²) in [5, 5.41) is 8.24. The highest BCUT2D eigenvalue weighted by Crippen LogP contribution is 2.36. The molecule has 36 heavy (non-hydrogen) atoms. The number of carbonyl (C=O) groups is 2. The van der Waals surface area contributed by atoms with Crippen molar-refractivity contribution in [3.63, 3.8) is 0 Å². The van der Waals surface area contributed by atoms with Crippen molar-refractivity contribution in [1.82, 2.24) is 20.0 Å². The largest absolute Gasteiger partial charge is 0.351 e. The maximum Gasteiger partial charge on any atom is 0.273 e. The van der Waals surface area contributed by atoms with Crippen molar-refractivity contribution in [3.05, 3.63) is 41.6 Å². The minimum Gasteiger partial charge on any atom is -0.351 e. The van der Waals surface area contributed by atoms with E-state index in [1.54, 1.807) is 4.68 Å². The summed E-state index contributed by atoms with van der Waals surface area (Å²) < 4.78 is 1.79. The highest BCUT2D eigenvalue weighted by Gasteiger charge is 2.51. The van der Waals surface area contributed by atoms with Gasteiger partial charge < -0.3 is 10.2 Å². The van der Waals surface area contributed by atoms with Crippen LogP contribution < -0.4 is 5.32 Å². The molecule has 2 aromatic rings. The van der Waals surface area contributed by atoms with Gasteiger partial charge in [-0.3, -0.25) is 14.3 Å². The second kappa shape index (κ2) is 10.8. The third kappa shape index (κ3) is 4.96. The number of rotatable bonds is 5. The molecule has 6 nitrogen and oxygen atoms in total. The van der Waals surface area contributed by atoms with Gasteiger partial charge in [0.15, 0.2) is 0 Å². The van der Waals surface area contributed by atoms with Crippen LogP contribution in [0.25, 0.3) is 11.3 Å². The Balaban J connectivity index is 1.46. The summed E-state index contributed by atoms with van der Waals surface area (Å²) in [4.78, 5) is 30.0. The van der Waals surface area contributed by atoms with Gasteiger partial charge in [0, 0.05) is 17.6 Å². The molecule has 3 aliphatic rings. The second-order valence-corrected chi connectivity index (χ2v) is 11.4. The van der Waals surface area contributed by atoms with Gasteiger partial charge in [-0.15, -0.1) is 0 Å². The summed E-state index contributed by atoms with van der Waals surface area (Å²) in [6, 6.07) is 10.6. The van der Waals surface area contributed by atoms with Crippen LogP contribution in [-0.4, -0.2) is 44.1 Å². The molecule has 1 N–H and O–H groups in total. The fourth-order valence-electron chi connectivity index (χ4n) is 6.51. The average molecular weight is 491 g/mol. The second-order valence-electron chi connectivity index (χ2n) is 11.4. The zero-order valence-corrected chi connectivity index (χ0v) is 22.1. The standard InChI is InChI=1S/C30H42N4O2/c1-3-22-16-18-23(19-17-22)26-20-27-28(35)34(25-14-10-7-11-15-25)30(2,21-33(27)32-26)29(36)31-24-12-8-5-4-6-9-13-24/h16-20,24-25H,3-15,21H2,1-2H3,(H,31,36)/t30-/m1/s1. The lowest BCUT2D eigenvalue weighted by molar-refractivity contribution is -0.136. The smallest absolute Gasteiger partial charge is 0.273 e. The molecule has 2 fully saturated rings. The maximum atomic E-state index is 14.1. The van der Waals surface area contributed by atoms with E-state index in [0.29, 0.717) is 12.2 Å². The molecule has 6 heteroatoms. The van der Waals surface area contributed by atoms with Crippen molar-refractivity contribution in [2.45, 2.75) is 121 Å². The van der Waals surface area contributed by atoms with Crippen LogP contribution in [0.3, 0.4) is 0 Å². The van der Waals surface area contributed by atoms with Crippen LogP contribution in [0, 0.1) is 0 Å². The van der Waals surface area contributed by atoms with E-state index in [0.717, 1.165) is 69.0 Å². The number of amides is 2. The number of benzene rings is 1. The Morgan fingerprint density at radius 3 is 2.25 bits per heavy atom. The van der Waals surface area contributed by atoms with E-state index < -0.39 is 5.54 Å². The Morgan fingerprint density at radius 2 is 1.58 bits per heavy atom. The molecule has 2 saturated carbocycles. The number of fused-ring (bicyclic) bond motifs is 1. The van der Waals surface area contributed by atoms with Crippen molar-refractivity contribution in [1.29, 1.82) is 0 Å². The van der Waals surface area contributed by atoms with Crippen molar-refractivity contribution < 1.29 is 9.59 Å². The Bertz CT molecular complexity index is 1060. The average Bonchev–Trinajstić information content (AvgIpc) is 3.30. The van der Waals surface area contributed by atoms with Crippen molar-refractivity contribution in [3.8, 4) is 11.3 Å². The van der Waals surface area contributed by atoms with Gasteiger partial charge in [-0.05, 0) is 50.7 Å². The molecule has 0 saturated heterocycles. The predicted octanol–water partition coefficient (Wildman–Crippen LogP) is 5.89. The van der Waals surface area contributed by atoms with Crippen LogP contribution in [0.2, 0.25) is 0 Å². The highest BCUT2D eigenvalue weighted by molar-refractivity contribution is 6.00. The molecule has 0 unspecified atom stereocenters. The van der Waals surface area contributed by atoms with Crippen LogP contribution in [0.1, 0.15) is 107 Å². The zero-order chi connectivity index (χ0) is 25.1. The van der Waals surface area contributed by atoms with Gasteiger partial charge in [0.1, 0.15) is 11.2 Å². The first-order valence-electron chi connectivity index (χ1n) is 14.3. The Hall–Kier alpha value is -2.63. The molecule has 0 bridgehead atoms. The maximum absolute atomic E-state index is 14.1. The third-order valence-electron chi connectivity index (χ3n) is 8.73. The van der Waals surface area contributed by atoms with E-state index in [-0.39, 0.29) is 23.9 Å². The van der Waals surface area contributed by atoms with Crippen molar-refractivity contribution in [2.24, 2.45) is 0 Å². The first-order valence-corrected chi connectivity index (χ1v) is 14.3. The number of aryl methyl sites for hydroxylation is 1. The van der Waals surface area contributed by atoms with E-state index in [1.165, 1.54) is 31.2 Å². The first kappa shape index (κ1) is 25.0. The van der Waals surface area contributed by atoms with E-state index in [9.17, 15) is 9.59 Å². The number of aromatic nitrogens is 2. The van der Waals surface area contributed by atoms with E-state index >= 15 is 0 Å². The summed E-state index contributed by atoms with van der Waals surface area (Å²) in [5.41, 5.74) is 2.75. The Morgan fingerprint density at radius 1 is 0.972 bits per heavy atom. The topological polar surface area (TPSA) is 67.2 Å². The van der Waals surface area contributed by atoms with Crippen LogP contribution in [0.15, 0.2) is 30.3 Å². The molecule has 194 valence electrons. The number of carbonyl (C=O) groups excluding carboxylic acids is 2. The van der Waals surface area contributed by atoms with Gasteiger partial charge in [-0.2, -0.15) is 5.10 Å². The summed E-state index contributed by atoms with van der Waals surface area (Å²) in [6.45, 7) is 4.51. The number of hydrogen-bond acceptors (Lipinski definition) is 3. The van der Waals surface area contributed by atoms with Crippen LogP contribution in [0.4, 0.5) is 0 Å². The van der Waals surface area contributed by atoms with E-state index in [4.69, 9.17) is 5.10 Å². The van der Waals surface area contributed by atoms with E-state index in [1.807, 2.05) is 17.9 Å². The van der Waals surface area contributed by atoms with Crippen LogP contribution in [-0.2, 0) is 17.8 Å². The first-order chi connectivity index (χ1) is 17.5. The third-order valence-corrected chi connectivity index (χ3v) is 8.73. The lowest BCUT2D eigenvalue weighted by Gasteiger charge is -2.48. The summed E-state index contributed by atoms with van der Waals surface area (Å²) in [5.74, 6) is -0.0607. The van der Waals surface area contributed by atoms with Gasteiger partial charge in [0.25, 0.3) is 5.91 Å². The Kier molecular flexibility index (Phi) is 7.49. The molecule has 0 spiro atoms. The van der Waals surface area contributed by atoms with Gasteiger partial charge in [0.2, 0.25) is 5.91 Å². The number of nitrogens with zero attached hydrogens (tertiary/aromatic N) is 3. The number of nitrogens with one attached hydrogen (secondary N) is 1. The molecule has 1 aromatic heterocycles. The molecule has 2 heterocycles. The summed E-state index contributed by atoms with van der Waals surface area (Å²) in [6.07, 6.45) is 14.5. The zero-order valence-electron chi connectivity index (χ0n) is 22.1. The molecule has 1 atom stereocenters. The van der Waals surface area contributed by atoms with Crippen molar-refractivity contribution >= 4 is 11.8 Å². The van der Waals surface area contributed by atoms with Gasteiger partial charge in [-0.25, -0.2) is 0 Å². The summed E-state index contributed by atoms with van der Waals surface area (Å²) in [7, 11) is 0. The van der Waals surface area contributed by atoms with Gasteiger partial charge in [-0.1, -0.05) is 82.6 Å². The van der Waals surface area contributed by atoms with Crippen molar-refractivity contribution in [2.75, 3.05) is 0 Å². The SMILES string of the molecule is CCc1ccc(-c2cc3n(n2)C[C@](C)(C(=O)NC2CCCCCCC2)N(C2CCCCC2)C3=O)cc1. The Labute approximate surface area is 215 Å². The minimum atomic E-state index is -0.941. The lowest BCUT2D eigenvalue weighted by atomic mass is 9.86. The molecule has 2 amide bonds. The molecule has 0 radical (unpaired) electrons. The quantitative estimate of drug-likeness (QED) is 0.568. The normalized spacial score (nSPS) is 24.2. The predicted molar refractivity (Wildman–Crippen MR) is 143 cm³/mol. The molecule has 5 rings (SSSR count). The van der Waals surface area contributed by atoms with Gasteiger partial charge >= 0.3 is 0 Å². The minimum absolute atomic E-state index is 0.0120. The van der Waals surface area contributed by atoms with Gasteiger partial charge in [0.05, 0.1) is 12.2 Å². The highest BCUT2D eigenvalue weighted by atomic mass is 16.2. The molecule has 1 aromatic carbocycles. The van der Waals surface area contributed by atoms with Crippen LogP contribution >= 0.6 is 0 Å².